The van der Waals surface area contributed by atoms with Crippen LogP contribution in [-0.2, 0) is 13.0 Å². The fourth-order valence-corrected chi connectivity index (χ4v) is 3.81. The van der Waals surface area contributed by atoms with Crippen molar-refractivity contribution in [3.63, 3.8) is 0 Å². The third-order valence-corrected chi connectivity index (χ3v) is 5.43. The van der Waals surface area contributed by atoms with E-state index in [0.29, 0.717) is 41.6 Å². The van der Waals surface area contributed by atoms with Gasteiger partial charge in [0.1, 0.15) is 11.6 Å². The lowest BCUT2D eigenvalue weighted by atomic mass is 10.1. The van der Waals surface area contributed by atoms with Gasteiger partial charge in [-0.3, -0.25) is 0 Å². The number of aromatic nitrogens is 4. The Morgan fingerprint density at radius 3 is 2.25 bits per heavy atom. The van der Waals surface area contributed by atoms with Gasteiger partial charge in [-0.25, -0.2) is 19.3 Å². The molecule has 2 heterocycles. The first-order valence-electron chi connectivity index (χ1n) is 10.3. The molecule has 0 unspecified atom stereocenters. The average Bonchev–Trinajstić information content (AvgIpc) is 3.18. The monoisotopic (exact) mass is 428 g/mol. The lowest BCUT2D eigenvalue weighted by Crippen LogP contribution is -2.05. The van der Waals surface area contributed by atoms with Crippen molar-refractivity contribution in [3.05, 3.63) is 78.1 Å². The topological polar surface area (TPSA) is 62.1 Å². The highest BCUT2D eigenvalue weighted by Gasteiger charge is 2.16. The van der Waals surface area contributed by atoms with E-state index in [2.05, 4.69) is 0 Å². The summed E-state index contributed by atoms with van der Waals surface area (Å²) >= 11 is 0. The largest absolute Gasteiger partial charge is 0.493 e. The number of hydrogen-bond acceptors (Lipinski definition) is 5. The minimum atomic E-state index is -0.288. The van der Waals surface area contributed by atoms with Gasteiger partial charge in [-0.2, -0.15) is 0 Å². The fraction of sp³-hybridized carbons (Fsp3) is 0.160. The van der Waals surface area contributed by atoms with Crippen molar-refractivity contribution < 1.29 is 13.9 Å². The van der Waals surface area contributed by atoms with E-state index in [0.717, 1.165) is 22.2 Å². The number of fused-ring (bicyclic) bond motifs is 2. The van der Waals surface area contributed by atoms with Crippen LogP contribution in [0.4, 0.5) is 4.39 Å². The Labute approximate surface area is 184 Å². The van der Waals surface area contributed by atoms with E-state index in [1.807, 2.05) is 47.0 Å². The average molecular weight is 428 g/mol. The van der Waals surface area contributed by atoms with Gasteiger partial charge in [0.2, 0.25) is 0 Å². The molecule has 3 aromatic carbocycles. The van der Waals surface area contributed by atoms with E-state index in [9.17, 15) is 4.39 Å². The second kappa shape index (κ2) is 8.26. The number of aryl methyl sites for hydroxylation is 2. The molecule has 0 N–H and O–H groups in total. The molecule has 0 amide bonds. The zero-order valence-electron chi connectivity index (χ0n) is 17.7. The predicted molar refractivity (Wildman–Crippen MR) is 121 cm³/mol. The summed E-state index contributed by atoms with van der Waals surface area (Å²) in [6, 6.07) is 19.9. The van der Waals surface area contributed by atoms with Gasteiger partial charge in [-0.1, -0.05) is 18.2 Å². The second-order valence-corrected chi connectivity index (χ2v) is 7.39. The van der Waals surface area contributed by atoms with Crippen LogP contribution in [0.5, 0.6) is 11.5 Å². The Bertz CT molecular complexity index is 1410. The summed E-state index contributed by atoms with van der Waals surface area (Å²) in [6.45, 7) is 0.617. The van der Waals surface area contributed by atoms with Crippen molar-refractivity contribution in [1.82, 2.24) is 19.5 Å². The van der Waals surface area contributed by atoms with Gasteiger partial charge in [0.15, 0.2) is 22.8 Å². The summed E-state index contributed by atoms with van der Waals surface area (Å²) < 4.78 is 26.3. The molecule has 32 heavy (non-hydrogen) atoms. The number of rotatable bonds is 6. The summed E-state index contributed by atoms with van der Waals surface area (Å²) in [4.78, 5) is 14.3. The van der Waals surface area contributed by atoms with Crippen molar-refractivity contribution in [1.29, 1.82) is 0 Å². The smallest absolute Gasteiger partial charge is 0.198 e. The zero-order valence-corrected chi connectivity index (χ0v) is 17.7. The van der Waals surface area contributed by atoms with Crippen LogP contribution in [0.15, 0.2) is 66.7 Å². The Balaban J connectivity index is 1.60. The van der Waals surface area contributed by atoms with Crippen LogP contribution >= 0.6 is 0 Å². The molecule has 0 radical (unpaired) electrons. The molecule has 7 heteroatoms. The molecule has 0 aliphatic heterocycles. The standard InChI is InChI=1S/C25H21FN4O2/c1-31-21-12-7-16(15-22(21)32-2)13-14-30-24(17-8-10-18(26)11-9-17)29-23-25(30)28-20-6-4-3-5-19(20)27-23/h3-12,15H,13-14H2,1-2H3. The summed E-state index contributed by atoms with van der Waals surface area (Å²) in [5.41, 5.74) is 4.75. The normalized spacial score (nSPS) is 11.2. The van der Waals surface area contributed by atoms with Crippen LogP contribution in [0.2, 0.25) is 0 Å². The van der Waals surface area contributed by atoms with Crippen LogP contribution < -0.4 is 9.47 Å². The Kier molecular flexibility index (Phi) is 5.15. The maximum absolute atomic E-state index is 13.5. The highest BCUT2D eigenvalue weighted by atomic mass is 19.1. The highest BCUT2D eigenvalue weighted by Crippen LogP contribution is 2.29. The number of imidazole rings is 1. The van der Waals surface area contributed by atoms with Crippen molar-refractivity contribution in [2.75, 3.05) is 14.2 Å². The van der Waals surface area contributed by atoms with Gasteiger partial charge >= 0.3 is 0 Å². The van der Waals surface area contributed by atoms with Gasteiger partial charge in [0.05, 0.1) is 25.3 Å². The highest BCUT2D eigenvalue weighted by molar-refractivity contribution is 5.84. The number of para-hydroxylation sites is 2. The molecule has 5 rings (SSSR count). The molecular weight excluding hydrogens is 407 g/mol. The summed E-state index contributed by atoms with van der Waals surface area (Å²) in [7, 11) is 3.24. The molecule has 0 bridgehead atoms. The number of halogens is 1. The van der Waals surface area contributed by atoms with Crippen LogP contribution in [0, 0.1) is 5.82 Å². The molecule has 6 nitrogen and oxygen atoms in total. The molecule has 0 saturated carbocycles. The van der Waals surface area contributed by atoms with E-state index >= 15 is 0 Å². The Hall–Kier alpha value is -4.00. The van der Waals surface area contributed by atoms with Gasteiger partial charge in [0.25, 0.3) is 0 Å². The maximum Gasteiger partial charge on any atom is 0.198 e. The first-order valence-corrected chi connectivity index (χ1v) is 10.3. The molecule has 160 valence electrons. The van der Waals surface area contributed by atoms with Gasteiger partial charge < -0.3 is 14.0 Å². The van der Waals surface area contributed by atoms with Crippen molar-refractivity contribution in [2.24, 2.45) is 0 Å². The van der Waals surface area contributed by atoms with E-state index in [1.54, 1.807) is 26.4 Å². The van der Waals surface area contributed by atoms with Gasteiger partial charge in [-0.05, 0) is 60.5 Å². The number of hydrogen-bond donors (Lipinski definition) is 0. The van der Waals surface area contributed by atoms with Crippen LogP contribution in [0.3, 0.4) is 0 Å². The van der Waals surface area contributed by atoms with Gasteiger partial charge in [-0.15, -0.1) is 0 Å². The first kappa shape index (κ1) is 19.9. The third kappa shape index (κ3) is 3.62. The molecule has 2 aromatic heterocycles. The number of ether oxygens (including phenoxy) is 2. The SMILES string of the molecule is COc1ccc(CCn2c(-c3ccc(F)cc3)nc3nc4ccccc4nc32)cc1OC. The minimum absolute atomic E-state index is 0.288. The molecule has 0 fully saturated rings. The number of benzene rings is 3. The Morgan fingerprint density at radius 2 is 1.53 bits per heavy atom. The fourth-order valence-electron chi connectivity index (χ4n) is 3.81. The zero-order chi connectivity index (χ0) is 22.1. The molecule has 0 atom stereocenters. The predicted octanol–water partition coefficient (Wildman–Crippen LogP) is 5.05. The molecule has 5 aromatic rings. The third-order valence-electron chi connectivity index (χ3n) is 5.43. The molecule has 0 aliphatic rings. The molecular formula is C25H21FN4O2. The summed E-state index contributed by atoms with van der Waals surface area (Å²) in [6.07, 6.45) is 0.717. The summed E-state index contributed by atoms with van der Waals surface area (Å²) in [5, 5.41) is 0. The lowest BCUT2D eigenvalue weighted by Gasteiger charge is -2.12. The quantitative estimate of drug-likeness (QED) is 0.379. The minimum Gasteiger partial charge on any atom is -0.493 e. The molecule has 0 aliphatic carbocycles. The molecule has 0 saturated heterocycles. The van der Waals surface area contributed by atoms with E-state index in [-0.39, 0.29) is 5.82 Å². The van der Waals surface area contributed by atoms with E-state index < -0.39 is 0 Å². The number of nitrogens with zero attached hydrogens (tertiary/aromatic N) is 4. The van der Waals surface area contributed by atoms with Crippen LogP contribution in [0.1, 0.15) is 5.56 Å². The lowest BCUT2D eigenvalue weighted by molar-refractivity contribution is 0.354. The molecule has 0 spiro atoms. The first-order chi connectivity index (χ1) is 15.7. The van der Waals surface area contributed by atoms with Crippen LogP contribution in [0.25, 0.3) is 33.7 Å². The van der Waals surface area contributed by atoms with Crippen LogP contribution in [-0.4, -0.2) is 33.7 Å². The van der Waals surface area contributed by atoms with Crippen molar-refractivity contribution in [3.8, 4) is 22.9 Å². The van der Waals surface area contributed by atoms with E-state index in [1.165, 1.54) is 12.1 Å². The Morgan fingerprint density at radius 1 is 0.812 bits per heavy atom. The second-order valence-electron chi connectivity index (χ2n) is 7.39. The summed E-state index contributed by atoms with van der Waals surface area (Å²) in [5.74, 6) is 1.79. The van der Waals surface area contributed by atoms with Crippen molar-refractivity contribution >= 4 is 22.3 Å². The van der Waals surface area contributed by atoms with Gasteiger partial charge in [0, 0.05) is 12.1 Å². The maximum atomic E-state index is 13.5. The van der Waals surface area contributed by atoms with Crippen molar-refractivity contribution in [2.45, 2.75) is 13.0 Å². The van der Waals surface area contributed by atoms with E-state index in [4.69, 9.17) is 24.4 Å². The number of methoxy groups -OCH3 is 2.